The number of hydrogen-bond donors (Lipinski definition) is 1. The second-order valence-corrected chi connectivity index (χ2v) is 6.48. The standard InChI is InChI=1S/C20H25N3O/c1-15(19(21)16-9-4-3-5-10-16)20(24)23-14-8-13-22(2)17-11-6-7-12-18(17)23/h3-7,9-12,15,19H,8,13-14,21H2,1-2H3. The zero-order chi connectivity index (χ0) is 17.1. The number of rotatable bonds is 3. The molecule has 1 aliphatic heterocycles. The second kappa shape index (κ2) is 7.05. The molecule has 2 atom stereocenters. The third-order valence-electron chi connectivity index (χ3n) is 4.84. The Morgan fingerprint density at radius 2 is 1.62 bits per heavy atom. The third kappa shape index (κ3) is 3.15. The lowest BCUT2D eigenvalue weighted by atomic mass is 9.94. The second-order valence-electron chi connectivity index (χ2n) is 6.48. The van der Waals surface area contributed by atoms with Crippen molar-refractivity contribution < 1.29 is 4.79 Å². The molecule has 1 aliphatic rings. The number of carbonyl (C=O) groups is 1. The summed E-state index contributed by atoms with van der Waals surface area (Å²) in [5, 5.41) is 0. The summed E-state index contributed by atoms with van der Waals surface area (Å²) in [7, 11) is 2.08. The Bertz CT molecular complexity index is 701. The summed E-state index contributed by atoms with van der Waals surface area (Å²) in [6, 6.07) is 17.7. The monoisotopic (exact) mass is 323 g/mol. The van der Waals surface area contributed by atoms with Crippen LogP contribution < -0.4 is 15.5 Å². The summed E-state index contributed by atoms with van der Waals surface area (Å²) in [6.45, 7) is 3.60. The maximum absolute atomic E-state index is 13.2. The van der Waals surface area contributed by atoms with E-state index in [4.69, 9.17) is 5.73 Å². The van der Waals surface area contributed by atoms with Gasteiger partial charge in [0.25, 0.3) is 0 Å². The van der Waals surface area contributed by atoms with E-state index >= 15 is 0 Å². The first-order chi connectivity index (χ1) is 11.6. The van der Waals surface area contributed by atoms with Crippen LogP contribution in [0.25, 0.3) is 0 Å². The van der Waals surface area contributed by atoms with Crippen molar-refractivity contribution in [1.29, 1.82) is 0 Å². The summed E-state index contributed by atoms with van der Waals surface area (Å²) in [4.78, 5) is 17.3. The van der Waals surface area contributed by atoms with Crippen molar-refractivity contribution in [1.82, 2.24) is 0 Å². The van der Waals surface area contributed by atoms with Crippen molar-refractivity contribution >= 4 is 17.3 Å². The van der Waals surface area contributed by atoms with E-state index in [1.165, 1.54) is 0 Å². The first-order valence-corrected chi connectivity index (χ1v) is 8.51. The van der Waals surface area contributed by atoms with Crippen molar-refractivity contribution in [2.45, 2.75) is 19.4 Å². The number of hydrogen-bond acceptors (Lipinski definition) is 3. The fourth-order valence-corrected chi connectivity index (χ4v) is 3.31. The van der Waals surface area contributed by atoms with Gasteiger partial charge in [-0.2, -0.15) is 0 Å². The van der Waals surface area contributed by atoms with Gasteiger partial charge in [0.15, 0.2) is 0 Å². The number of benzene rings is 2. The van der Waals surface area contributed by atoms with Gasteiger partial charge in [-0.3, -0.25) is 4.79 Å². The molecular formula is C20H25N3O. The number of amides is 1. The molecule has 126 valence electrons. The molecule has 3 rings (SSSR count). The van der Waals surface area contributed by atoms with E-state index in [0.717, 1.165) is 36.4 Å². The number of anilines is 2. The van der Waals surface area contributed by atoms with Crippen LogP contribution in [0.15, 0.2) is 54.6 Å². The predicted octanol–water partition coefficient (Wildman–Crippen LogP) is 3.20. The molecule has 0 fully saturated rings. The van der Waals surface area contributed by atoms with Crippen LogP contribution in [0, 0.1) is 5.92 Å². The number of fused-ring (bicyclic) bond motifs is 1. The lowest BCUT2D eigenvalue weighted by molar-refractivity contribution is -0.122. The van der Waals surface area contributed by atoms with Gasteiger partial charge in [-0.25, -0.2) is 0 Å². The van der Waals surface area contributed by atoms with Gasteiger partial charge in [0.05, 0.1) is 17.3 Å². The minimum atomic E-state index is -0.299. The molecule has 2 aromatic carbocycles. The molecule has 2 aromatic rings. The average molecular weight is 323 g/mol. The van der Waals surface area contributed by atoms with Crippen molar-refractivity contribution in [3.63, 3.8) is 0 Å². The van der Waals surface area contributed by atoms with Gasteiger partial charge >= 0.3 is 0 Å². The summed E-state index contributed by atoms with van der Waals surface area (Å²) >= 11 is 0. The minimum absolute atomic E-state index is 0.0918. The lowest BCUT2D eigenvalue weighted by Gasteiger charge is -2.29. The van der Waals surface area contributed by atoms with E-state index in [2.05, 4.69) is 18.0 Å². The maximum Gasteiger partial charge on any atom is 0.231 e. The summed E-state index contributed by atoms with van der Waals surface area (Å²) in [5.74, 6) is -0.182. The van der Waals surface area contributed by atoms with E-state index in [1.807, 2.05) is 60.4 Å². The van der Waals surface area contributed by atoms with Crippen LogP contribution in [0.2, 0.25) is 0 Å². The molecule has 4 heteroatoms. The number of nitrogens with zero attached hydrogens (tertiary/aromatic N) is 2. The zero-order valence-corrected chi connectivity index (χ0v) is 14.4. The Balaban J connectivity index is 1.87. The van der Waals surface area contributed by atoms with Gasteiger partial charge in [-0.1, -0.05) is 49.4 Å². The highest BCUT2D eigenvalue weighted by molar-refractivity contribution is 5.98. The molecule has 1 heterocycles. The Morgan fingerprint density at radius 1 is 1.00 bits per heavy atom. The SMILES string of the molecule is CC(C(=O)N1CCCN(C)c2ccccc21)C(N)c1ccccc1. The van der Waals surface area contributed by atoms with Crippen molar-refractivity contribution in [2.24, 2.45) is 11.7 Å². The molecule has 2 N–H and O–H groups in total. The van der Waals surface area contributed by atoms with Gasteiger partial charge in [0, 0.05) is 26.2 Å². The summed E-state index contributed by atoms with van der Waals surface area (Å²) in [6.07, 6.45) is 0.949. The number of para-hydroxylation sites is 2. The molecule has 0 saturated heterocycles. The number of nitrogens with two attached hydrogens (primary N) is 1. The molecule has 4 nitrogen and oxygen atoms in total. The molecular weight excluding hydrogens is 298 g/mol. The fourth-order valence-electron chi connectivity index (χ4n) is 3.31. The van der Waals surface area contributed by atoms with Crippen molar-refractivity contribution in [3.8, 4) is 0 Å². The van der Waals surface area contributed by atoms with E-state index in [-0.39, 0.29) is 17.9 Å². The zero-order valence-electron chi connectivity index (χ0n) is 14.4. The molecule has 24 heavy (non-hydrogen) atoms. The van der Waals surface area contributed by atoms with Crippen LogP contribution in [-0.4, -0.2) is 26.0 Å². The Morgan fingerprint density at radius 3 is 2.33 bits per heavy atom. The highest BCUT2D eigenvalue weighted by Crippen LogP contribution is 2.33. The van der Waals surface area contributed by atoms with E-state index in [9.17, 15) is 4.79 Å². The highest BCUT2D eigenvalue weighted by Gasteiger charge is 2.30. The molecule has 0 radical (unpaired) electrons. The smallest absolute Gasteiger partial charge is 0.231 e. The largest absolute Gasteiger partial charge is 0.373 e. The minimum Gasteiger partial charge on any atom is -0.373 e. The van der Waals surface area contributed by atoms with Crippen LogP contribution in [-0.2, 0) is 4.79 Å². The normalized spacial score (nSPS) is 17.0. The predicted molar refractivity (Wildman–Crippen MR) is 99.2 cm³/mol. The third-order valence-corrected chi connectivity index (χ3v) is 4.84. The molecule has 0 aliphatic carbocycles. The Labute approximate surface area is 143 Å². The van der Waals surface area contributed by atoms with Crippen LogP contribution >= 0.6 is 0 Å². The Hall–Kier alpha value is -2.33. The van der Waals surface area contributed by atoms with Gasteiger partial charge in [-0.05, 0) is 24.1 Å². The van der Waals surface area contributed by atoms with E-state index in [0.29, 0.717) is 0 Å². The molecule has 2 unspecified atom stereocenters. The van der Waals surface area contributed by atoms with E-state index < -0.39 is 0 Å². The van der Waals surface area contributed by atoms with Gasteiger partial charge in [0.2, 0.25) is 5.91 Å². The van der Waals surface area contributed by atoms with E-state index in [1.54, 1.807) is 0 Å². The molecule has 0 aromatic heterocycles. The van der Waals surface area contributed by atoms with Crippen LogP contribution in [0.5, 0.6) is 0 Å². The molecule has 1 amide bonds. The first kappa shape index (κ1) is 16.5. The highest BCUT2D eigenvalue weighted by atomic mass is 16.2. The Kier molecular flexibility index (Phi) is 4.86. The molecule has 0 spiro atoms. The lowest BCUT2D eigenvalue weighted by Crippen LogP contribution is -2.40. The molecule has 0 bridgehead atoms. The van der Waals surface area contributed by atoms with Crippen molar-refractivity contribution in [2.75, 3.05) is 29.9 Å². The van der Waals surface area contributed by atoms with Gasteiger partial charge in [0.1, 0.15) is 0 Å². The maximum atomic E-state index is 13.2. The topological polar surface area (TPSA) is 49.6 Å². The first-order valence-electron chi connectivity index (χ1n) is 8.51. The quantitative estimate of drug-likeness (QED) is 0.944. The average Bonchev–Trinajstić information content (AvgIpc) is 2.80. The summed E-state index contributed by atoms with van der Waals surface area (Å²) < 4.78 is 0. The van der Waals surface area contributed by atoms with Crippen molar-refractivity contribution in [3.05, 3.63) is 60.2 Å². The van der Waals surface area contributed by atoms with Gasteiger partial charge in [-0.15, -0.1) is 0 Å². The van der Waals surface area contributed by atoms with Crippen LogP contribution in [0.4, 0.5) is 11.4 Å². The van der Waals surface area contributed by atoms with Crippen LogP contribution in [0.1, 0.15) is 24.9 Å². The number of carbonyl (C=O) groups excluding carboxylic acids is 1. The van der Waals surface area contributed by atoms with Crippen LogP contribution in [0.3, 0.4) is 0 Å². The summed E-state index contributed by atoms with van der Waals surface area (Å²) in [5.41, 5.74) is 9.46. The molecule has 0 saturated carbocycles. The fraction of sp³-hybridized carbons (Fsp3) is 0.350. The van der Waals surface area contributed by atoms with Gasteiger partial charge < -0.3 is 15.5 Å².